The summed E-state index contributed by atoms with van der Waals surface area (Å²) in [6.07, 6.45) is 0.416. The van der Waals surface area contributed by atoms with Gasteiger partial charge in [0.2, 0.25) is 6.41 Å². The Hall–Kier alpha value is -1.80. The van der Waals surface area contributed by atoms with Crippen LogP contribution in [0.2, 0.25) is 5.02 Å². The lowest BCUT2D eigenvalue weighted by molar-refractivity contribution is -0.106. The summed E-state index contributed by atoms with van der Waals surface area (Å²) in [5, 5.41) is 3.43. The molecule has 0 aliphatic carbocycles. The Balaban J connectivity index is 1.84. The third-order valence-electron chi connectivity index (χ3n) is 3.44. The zero-order chi connectivity index (χ0) is 19.6. The van der Waals surface area contributed by atoms with Gasteiger partial charge in [-0.15, -0.1) is 11.8 Å². The Morgan fingerprint density at radius 2 is 1.85 bits per heavy atom. The van der Waals surface area contributed by atoms with Crippen LogP contribution in [0.1, 0.15) is 15.9 Å². The predicted molar refractivity (Wildman–Crippen MR) is 115 cm³/mol. The van der Waals surface area contributed by atoms with Gasteiger partial charge in [-0.25, -0.2) is 4.31 Å². The van der Waals surface area contributed by atoms with Crippen molar-refractivity contribution in [3.05, 3.63) is 64.7 Å². The fourth-order valence-corrected chi connectivity index (χ4v) is 3.89. The second kappa shape index (κ2) is 11.1. The SMILES string of the molecule is Cc1ccc(SCCN(C)SC(=NC=O)NC(=O)c2ccc(Cl)cc2)cc1. The molecule has 0 atom stereocenters. The first-order valence-electron chi connectivity index (χ1n) is 8.15. The highest BCUT2D eigenvalue weighted by atomic mass is 35.5. The highest BCUT2D eigenvalue weighted by Crippen LogP contribution is 2.19. The van der Waals surface area contributed by atoms with E-state index in [0.29, 0.717) is 17.0 Å². The van der Waals surface area contributed by atoms with Crippen LogP contribution in [-0.2, 0) is 4.79 Å². The van der Waals surface area contributed by atoms with Gasteiger partial charge in [-0.2, -0.15) is 4.99 Å². The fraction of sp³-hybridized carbons (Fsp3) is 0.211. The third kappa shape index (κ3) is 7.76. The molecule has 2 aromatic rings. The number of hydrogen-bond acceptors (Lipinski definition) is 5. The standard InChI is InChI=1S/C19H20ClN3O2S2/c1-14-3-9-17(10-4-14)26-12-11-23(2)27-19(21-13-24)22-18(25)15-5-7-16(20)8-6-15/h3-10,13H,11-12H2,1-2H3,(H,21,22,24,25). The van der Waals surface area contributed by atoms with Gasteiger partial charge < -0.3 is 0 Å². The number of rotatable bonds is 7. The molecule has 0 heterocycles. The number of hydrogen-bond donors (Lipinski definition) is 1. The van der Waals surface area contributed by atoms with Crippen LogP contribution in [0.3, 0.4) is 0 Å². The van der Waals surface area contributed by atoms with Crippen molar-refractivity contribution in [2.45, 2.75) is 11.8 Å². The lowest BCUT2D eigenvalue weighted by Crippen LogP contribution is -2.31. The van der Waals surface area contributed by atoms with Crippen molar-refractivity contribution >= 4 is 52.8 Å². The Morgan fingerprint density at radius 3 is 2.48 bits per heavy atom. The number of carbonyl (C=O) groups excluding carboxylic acids is 2. The van der Waals surface area contributed by atoms with E-state index in [2.05, 4.69) is 41.5 Å². The van der Waals surface area contributed by atoms with Gasteiger partial charge in [-0.1, -0.05) is 29.3 Å². The summed E-state index contributed by atoms with van der Waals surface area (Å²) < 4.78 is 1.92. The Labute approximate surface area is 172 Å². The van der Waals surface area contributed by atoms with Crippen LogP contribution in [0.15, 0.2) is 58.4 Å². The molecule has 1 N–H and O–H groups in total. The van der Waals surface area contributed by atoms with E-state index in [4.69, 9.17) is 11.6 Å². The summed E-state index contributed by atoms with van der Waals surface area (Å²) >= 11 is 8.79. The van der Waals surface area contributed by atoms with E-state index in [1.54, 1.807) is 36.0 Å². The number of amides is 2. The number of benzene rings is 2. The van der Waals surface area contributed by atoms with E-state index < -0.39 is 0 Å². The predicted octanol–water partition coefficient (Wildman–Crippen LogP) is 4.26. The number of nitrogens with one attached hydrogen (secondary N) is 1. The highest BCUT2D eigenvalue weighted by Gasteiger charge is 2.12. The molecule has 0 saturated heterocycles. The maximum Gasteiger partial charge on any atom is 0.257 e. The molecule has 0 saturated carbocycles. The number of aryl methyl sites for hydroxylation is 1. The van der Waals surface area contributed by atoms with Gasteiger partial charge in [0.25, 0.3) is 5.91 Å². The van der Waals surface area contributed by atoms with Crippen molar-refractivity contribution in [3.63, 3.8) is 0 Å². The van der Waals surface area contributed by atoms with Gasteiger partial charge in [0.15, 0.2) is 5.17 Å². The van der Waals surface area contributed by atoms with Crippen LogP contribution in [0.25, 0.3) is 0 Å². The third-order valence-corrected chi connectivity index (χ3v) is 5.55. The number of aliphatic imine (C=N–C) groups is 1. The van der Waals surface area contributed by atoms with Gasteiger partial charge in [-0.05, 0) is 62.3 Å². The molecule has 2 rings (SSSR count). The van der Waals surface area contributed by atoms with E-state index >= 15 is 0 Å². The van der Waals surface area contributed by atoms with E-state index in [9.17, 15) is 9.59 Å². The summed E-state index contributed by atoms with van der Waals surface area (Å²) in [4.78, 5) is 28.0. The van der Waals surface area contributed by atoms with Crippen molar-refractivity contribution in [2.24, 2.45) is 4.99 Å². The first-order valence-corrected chi connectivity index (χ1v) is 10.3. The molecule has 0 unspecified atom stereocenters. The zero-order valence-electron chi connectivity index (χ0n) is 15.0. The minimum atomic E-state index is -0.345. The van der Waals surface area contributed by atoms with Crippen LogP contribution >= 0.6 is 35.3 Å². The molecular weight excluding hydrogens is 402 g/mol. The summed E-state index contributed by atoms with van der Waals surface area (Å²) in [6.45, 7) is 2.81. The molecule has 2 amide bonds. The van der Waals surface area contributed by atoms with Crippen molar-refractivity contribution in [1.29, 1.82) is 0 Å². The van der Waals surface area contributed by atoms with Gasteiger partial charge in [-0.3, -0.25) is 14.9 Å². The molecule has 0 radical (unpaired) electrons. The largest absolute Gasteiger partial charge is 0.300 e. The van der Waals surface area contributed by atoms with Crippen molar-refractivity contribution in [2.75, 3.05) is 19.3 Å². The molecule has 0 aliphatic heterocycles. The van der Waals surface area contributed by atoms with Crippen molar-refractivity contribution < 1.29 is 9.59 Å². The lowest BCUT2D eigenvalue weighted by atomic mass is 10.2. The highest BCUT2D eigenvalue weighted by molar-refractivity contribution is 8.11. The van der Waals surface area contributed by atoms with Gasteiger partial charge >= 0.3 is 0 Å². The number of halogens is 1. The summed E-state index contributed by atoms with van der Waals surface area (Å²) in [7, 11) is 1.88. The van der Waals surface area contributed by atoms with Crippen molar-refractivity contribution in [1.82, 2.24) is 9.62 Å². The number of carbonyl (C=O) groups is 2. The molecule has 0 aromatic heterocycles. The summed E-state index contributed by atoms with van der Waals surface area (Å²) in [5.41, 5.74) is 1.68. The maximum atomic E-state index is 12.3. The molecule has 0 spiro atoms. The van der Waals surface area contributed by atoms with Gasteiger partial charge in [0, 0.05) is 27.8 Å². The van der Waals surface area contributed by atoms with Crippen LogP contribution in [0.4, 0.5) is 0 Å². The monoisotopic (exact) mass is 421 g/mol. The topological polar surface area (TPSA) is 61.8 Å². The Bertz CT molecular complexity index is 796. The average molecular weight is 422 g/mol. The second-order valence-corrected chi connectivity index (χ2v) is 8.40. The summed E-state index contributed by atoms with van der Waals surface area (Å²) in [5.74, 6) is 0.522. The quantitative estimate of drug-likeness (QED) is 0.238. The van der Waals surface area contributed by atoms with Crippen LogP contribution in [0, 0.1) is 6.92 Å². The number of thioether (sulfide) groups is 1. The zero-order valence-corrected chi connectivity index (χ0v) is 17.4. The number of amidine groups is 1. The minimum Gasteiger partial charge on any atom is -0.300 e. The first kappa shape index (κ1) is 21.5. The second-order valence-electron chi connectivity index (χ2n) is 5.60. The molecule has 0 aliphatic rings. The molecule has 2 aromatic carbocycles. The lowest BCUT2D eigenvalue weighted by Gasteiger charge is -2.16. The van der Waals surface area contributed by atoms with E-state index in [1.165, 1.54) is 22.4 Å². The van der Waals surface area contributed by atoms with Gasteiger partial charge in [0.05, 0.1) is 0 Å². The molecule has 142 valence electrons. The molecular formula is C19H20ClN3O2S2. The minimum absolute atomic E-state index is 0.229. The smallest absolute Gasteiger partial charge is 0.257 e. The summed E-state index contributed by atoms with van der Waals surface area (Å²) in [6, 6.07) is 14.9. The Morgan fingerprint density at radius 1 is 1.19 bits per heavy atom. The first-order chi connectivity index (χ1) is 13.0. The van der Waals surface area contributed by atoms with E-state index in [1.807, 2.05) is 11.4 Å². The molecule has 0 fully saturated rings. The molecule has 27 heavy (non-hydrogen) atoms. The molecule has 8 heteroatoms. The average Bonchev–Trinajstić information content (AvgIpc) is 2.64. The van der Waals surface area contributed by atoms with E-state index in [-0.39, 0.29) is 11.1 Å². The van der Waals surface area contributed by atoms with Crippen LogP contribution in [0.5, 0.6) is 0 Å². The van der Waals surface area contributed by atoms with Crippen LogP contribution < -0.4 is 5.32 Å². The number of nitrogens with zero attached hydrogens (tertiary/aromatic N) is 2. The Kier molecular flexibility index (Phi) is 8.87. The fourth-order valence-electron chi connectivity index (χ4n) is 2.02. The van der Waals surface area contributed by atoms with Gasteiger partial charge in [0.1, 0.15) is 0 Å². The molecule has 0 bridgehead atoms. The van der Waals surface area contributed by atoms with E-state index in [0.717, 1.165) is 12.3 Å². The van der Waals surface area contributed by atoms with Crippen LogP contribution in [-0.4, -0.2) is 41.1 Å². The normalized spacial score (nSPS) is 11.5. The molecule has 5 nitrogen and oxygen atoms in total. The maximum absolute atomic E-state index is 12.3. The van der Waals surface area contributed by atoms with Crippen molar-refractivity contribution in [3.8, 4) is 0 Å².